The number of benzene rings is 1. The number of ether oxygens (including phenoxy) is 2. The zero-order valence-corrected chi connectivity index (χ0v) is 19.0. The molecule has 33 heavy (non-hydrogen) atoms. The van der Waals surface area contributed by atoms with E-state index in [4.69, 9.17) is 9.47 Å². The summed E-state index contributed by atoms with van der Waals surface area (Å²) in [7, 11) is 0. The highest BCUT2D eigenvalue weighted by molar-refractivity contribution is 7.19. The summed E-state index contributed by atoms with van der Waals surface area (Å²) in [6, 6.07) is 13.7. The van der Waals surface area contributed by atoms with Crippen molar-refractivity contribution in [1.82, 2.24) is 9.97 Å². The Morgan fingerprint density at radius 2 is 1.94 bits per heavy atom. The molecule has 0 aliphatic carbocycles. The second kappa shape index (κ2) is 10.2. The molecule has 0 unspecified atom stereocenters. The third kappa shape index (κ3) is 5.51. The number of hydrogen-bond acceptors (Lipinski definition) is 9. The fraction of sp³-hybridized carbons (Fsp3) is 0.136. The third-order valence-electron chi connectivity index (χ3n) is 4.26. The second-order valence-electron chi connectivity index (χ2n) is 6.67. The average Bonchev–Trinajstić information content (AvgIpc) is 3.47. The van der Waals surface area contributed by atoms with E-state index in [-0.39, 0.29) is 9.88 Å². The van der Waals surface area contributed by atoms with E-state index in [1.54, 1.807) is 24.5 Å². The summed E-state index contributed by atoms with van der Waals surface area (Å²) in [5, 5.41) is 14.3. The molecule has 168 valence electrons. The van der Waals surface area contributed by atoms with Gasteiger partial charge in [-0.05, 0) is 48.9 Å². The fourth-order valence-corrected chi connectivity index (χ4v) is 4.33. The van der Waals surface area contributed by atoms with Crippen LogP contribution in [-0.2, 0) is 0 Å². The molecule has 3 aromatic heterocycles. The minimum Gasteiger partial charge on any atom is -0.494 e. The lowest BCUT2D eigenvalue weighted by Crippen LogP contribution is -2.09. The van der Waals surface area contributed by atoms with E-state index in [1.165, 1.54) is 12.1 Å². The van der Waals surface area contributed by atoms with Gasteiger partial charge in [0.25, 0.3) is 5.91 Å². The first-order valence-electron chi connectivity index (χ1n) is 9.91. The van der Waals surface area contributed by atoms with Crippen molar-refractivity contribution in [2.45, 2.75) is 13.3 Å². The van der Waals surface area contributed by atoms with Crippen molar-refractivity contribution in [3.8, 4) is 27.8 Å². The number of rotatable bonds is 9. The van der Waals surface area contributed by atoms with Crippen molar-refractivity contribution in [3.05, 3.63) is 75.9 Å². The van der Waals surface area contributed by atoms with E-state index >= 15 is 0 Å². The predicted octanol–water partition coefficient (Wildman–Crippen LogP) is 6.01. The smallest absolute Gasteiger partial charge is 0.324 e. The van der Waals surface area contributed by atoms with Gasteiger partial charge in [0.15, 0.2) is 5.13 Å². The first-order chi connectivity index (χ1) is 16.0. The van der Waals surface area contributed by atoms with Crippen LogP contribution in [0.5, 0.6) is 16.6 Å². The van der Waals surface area contributed by atoms with Crippen molar-refractivity contribution < 1.29 is 19.2 Å². The van der Waals surface area contributed by atoms with Gasteiger partial charge in [0.05, 0.1) is 22.6 Å². The maximum Gasteiger partial charge on any atom is 0.324 e. The standard InChI is InChI=1S/C22H18N4O5S2/c1-2-12-30-15-7-5-14(6-8-15)19-21(31-16-4-3-11-23-13-16)33-22(24-19)25-20(27)17-9-10-18(32-17)26(28)29/h3-11,13H,2,12H2,1H3,(H,24,25,27). The van der Waals surface area contributed by atoms with Crippen LogP contribution in [0.25, 0.3) is 11.3 Å². The summed E-state index contributed by atoms with van der Waals surface area (Å²) in [6.45, 7) is 2.67. The van der Waals surface area contributed by atoms with Crippen LogP contribution in [0.4, 0.5) is 10.1 Å². The molecule has 0 bridgehead atoms. The second-order valence-corrected chi connectivity index (χ2v) is 8.69. The fourth-order valence-electron chi connectivity index (χ4n) is 2.76. The van der Waals surface area contributed by atoms with Crippen molar-refractivity contribution in [2.24, 2.45) is 0 Å². The van der Waals surface area contributed by atoms with E-state index in [0.29, 0.717) is 28.2 Å². The minimum atomic E-state index is -0.531. The molecular formula is C22H18N4O5S2. The number of nitro groups is 1. The number of carbonyl (C=O) groups excluding carboxylic acids is 1. The number of pyridine rings is 1. The largest absolute Gasteiger partial charge is 0.494 e. The molecule has 0 aliphatic heterocycles. The Hall–Kier alpha value is -3.83. The molecule has 3 heterocycles. The molecule has 1 amide bonds. The summed E-state index contributed by atoms with van der Waals surface area (Å²) in [6.07, 6.45) is 4.13. The minimum absolute atomic E-state index is 0.106. The maximum absolute atomic E-state index is 12.6. The number of hydrogen-bond donors (Lipinski definition) is 1. The van der Waals surface area contributed by atoms with Crippen molar-refractivity contribution >= 4 is 38.7 Å². The Balaban J connectivity index is 1.61. The molecule has 9 nitrogen and oxygen atoms in total. The molecule has 4 aromatic rings. The lowest BCUT2D eigenvalue weighted by Gasteiger charge is -2.07. The molecule has 1 aromatic carbocycles. The van der Waals surface area contributed by atoms with Gasteiger partial charge in [-0.3, -0.25) is 25.2 Å². The van der Waals surface area contributed by atoms with E-state index in [0.717, 1.165) is 40.4 Å². The van der Waals surface area contributed by atoms with Crippen LogP contribution >= 0.6 is 22.7 Å². The van der Waals surface area contributed by atoms with Gasteiger partial charge in [0, 0.05) is 17.8 Å². The van der Waals surface area contributed by atoms with Gasteiger partial charge in [0.1, 0.15) is 17.2 Å². The van der Waals surface area contributed by atoms with Gasteiger partial charge in [0.2, 0.25) is 5.06 Å². The molecule has 0 atom stereocenters. The van der Waals surface area contributed by atoms with Gasteiger partial charge in [-0.25, -0.2) is 4.98 Å². The van der Waals surface area contributed by atoms with Gasteiger partial charge in [-0.15, -0.1) is 0 Å². The van der Waals surface area contributed by atoms with E-state index < -0.39 is 10.8 Å². The van der Waals surface area contributed by atoms with E-state index in [9.17, 15) is 14.9 Å². The zero-order valence-electron chi connectivity index (χ0n) is 17.4. The molecule has 11 heteroatoms. The van der Waals surface area contributed by atoms with Crippen LogP contribution in [0.15, 0.2) is 60.9 Å². The number of amides is 1. The van der Waals surface area contributed by atoms with Gasteiger partial charge < -0.3 is 9.47 Å². The Kier molecular flexibility index (Phi) is 6.91. The average molecular weight is 483 g/mol. The summed E-state index contributed by atoms with van der Waals surface area (Å²) < 4.78 is 11.6. The topological polar surface area (TPSA) is 116 Å². The number of nitrogens with one attached hydrogen (secondary N) is 1. The van der Waals surface area contributed by atoms with Crippen LogP contribution in [0.3, 0.4) is 0 Å². The molecule has 0 radical (unpaired) electrons. The van der Waals surface area contributed by atoms with E-state index in [1.807, 2.05) is 31.2 Å². The monoisotopic (exact) mass is 482 g/mol. The summed E-state index contributed by atoms with van der Waals surface area (Å²) in [5.41, 5.74) is 1.32. The molecule has 0 fully saturated rings. The Morgan fingerprint density at radius 1 is 1.12 bits per heavy atom. The maximum atomic E-state index is 12.6. The Labute approximate surface area is 196 Å². The molecule has 0 saturated carbocycles. The first kappa shape index (κ1) is 22.4. The lowest BCUT2D eigenvalue weighted by molar-refractivity contribution is -0.380. The highest BCUT2D eigenvalue weighted by Gasteiger charge is 2.20. The number of thiazole rings is 1. The van der Waals surface area contributed by atoms with Crippen LogP contribution in [0, 0.1) is 10.1 Å². The molecule has 1 N–H and O–H groups in total. The zero-order chi connectivity index (χ0) is 23.2. The van der Waals surface area contributed by atoms with Crippen molar-refractivity contribution in [1.29, 1.82) is 0 Å². The highest BCUT2D eigenvalue weighted by Crippen LogP contribution is 2.41. The number of carbonyl (C=O) groups is 1. The van der Waals surface area contributed by atoms with Crippen LogP contribution in [0.2, 0.25) is 0 Å². The molecule has 0 aliphatic rings. The van der Waals surface area contributed by atoms with Gasteiger partial charge in [-0.1, -0.05) is 29.6 Å². The SMILES string of the molecule is CCCOc1ccc(-c2nc(NC(=O)c3ccc([N+](=O)[O-])s3)sc2Oc2cccnc2)cc1. The normalized spacial score (nSPS) is 10.6. The molecule has 4 rings (SSSR count). The summed E-state index contributed by atoms with van der Waals surface area (Å²) in [4.78, 5) is 31.8. The van der Waals surface area contributed by atoms with Crippen LogP contribution in [-0.4, -0.2) is 27.4 Å². The molecular weight excluding hydrogens is 464 g/mol. The summed E-state index contributed by atoms with van der Waals surface area (Å²) in [5.74, 6) is 0.792. The number of thiophene rings is 1. The van der Waals surface area contributed by atoms with Crippen LogP contribution < -0.4 is 14.8 Å². The van der Waals surface area contributed by atoms with Gasteiger partial charge >= 0.3 is 5.00 Å². The van der Waals surface area contributed by atoms with Gasteiger partial charge in [-0.2, -0.15) is 0 Å². The summed E-state index contributed by atoms with van der Waals surface area (Å²) >= 11 is 1.95. The first-order valence-corrected chi connectivity index (χ1v) is 11.5. The number of aromatic nitrogens is 2. The number of anilines is 1. The third-order valence-corrected chi connectivity index (χ3v) is 6.14. The van der Waals surface area contributed by atoms with Crippen molar-refractivity contribution in [3.63, 3.8) is 0 Å². The Morgan fingerprint density at radius 3 is 2.61 bits per heavy atom. The number of nitrogens with zero attached hydrogens (tertiary/aromatic N) is 3. The molecule has 0 spiro atoms. The van der Waals surface area contributed by atoms with Crippen LogP contribution in [0.1, 0.15) is 23.0 Å². The quantitative estimate of drug-likeness (QED) is 0.229. The lowest BCUT2D eigenvalue weighted by atomic mass is 10.1. The molecule has 0 saturated heterocycles. The Bertz CT molecular complexity index is 1260. The predicted molar refractivity (Wildman–Crippen MR) is 127 cm³/mol. The van der Waals surface area contributed by atoms with Crippen molar-refractivity contribution in [2.75, 3.05) is 11.9 Å². The van der Waals surface area contributed by atoms with E-state index in [2.05, 4.69) is 15.3 Å². The highest BCUT2D eigenvalue weighted by atomic mass is 32.1.